The Morgan fingerprint density at radius 2 is 2.06 bits per heavy atom. The summed E-state index contributed by atoms with van der Waals surface area (Å²) in [5.74, 6) is -0.0645. The van der Waals surface area contributed by atoms with Crippen molar-refractivity contribution >= 4 is 39.0 Å². The number of anilines is 1. The van der Waals surface area contributed by atoms with Crippen molar-refractivity contribution in [3.8, 4) is 11.6 Å². The van der Waals surface area contributed by atoms with Crippen molar-refractivity contribution in [3.05, 3.63) is 82.0 Å². The third-order valence-electron chi connectivity index (χ3n) is 11.2. The molecule has 53 heavy (non-hydrogen) atoms. The van der Waals surface area contributed by atoms with Crippen LogP contribution in [0, 0.1) is 17.8 Å². The van der Waals surface area contributed by atoms with Crippen molar-refractivity contribution in [3.63, 3.8) is 0 Å². The van der Waals surface area contributed by atoms with E-state index in [9.17, 15) is 13.8 Å². The van der Waals surface area contributed by atoms with Gasteiger partial charge in [-0.3, -0.25) is 19.0 Å². The molecule has 0 unspecified atom stereocenters. The van der Waals surface area contributed by atoms with Crippen LogP contribution in [-0.2, 0) is 33.5 Å². The average Bonchev–Trinajstić information content (AvgIpc) is 3.43. The van der Waals surface area contributed by atoms with Crippen LogP contribution in [0.15, 0.2) is 59.1 Å². The van der Waals surface area contributed by atoms with Gasteiger partial charge >= 0.3 is 0 Å². The number of hydrogen-bond donors (Lipinski definition) is 1. The summed E-state index contributed by atoms with van der Waals surface area (Å²) in [6.45, 7) is 6.71. The Morgan fingerprint density at radius 3 is 2.83 bits per heavy atom. The number of nitrogens with zero attached hydrogens (tertiary/aromatic N) is 4. The maximum absolute atomic E-state index is 14.7. The first-order valence-corrected chi connectivity index (χ1v) is 20.8. The Bertz CT molecular complexity index is 2020. The van der Waals surface area contributed by atoms with Crippen molar-refractivity contribution in [2.45, 2.75) is 70.3 Å². The van der Waals surface area contributed by atoms with Gasteiger partial charge in [-0.15, -0.1) is 9.46 Å². The second kappa shape index (κ2) is 15.5. The molecular weight excluding hydrogens is 714 g/mol. The van der Waals surface area contributed by atoms with Crippen LogP contribution in [0.25, 0.3) is 0 Å². The number of halogens is 1. The molecule has 6 atom stereocenters. The fourth-order valence-corrected chi connectivity index (χ4v) is 10.6. The predicted molar refractivity (Wildman–Crippen MR) is 206 cm³/mol. The number of nitrogens with one attached hydrogen (secondary N) is 1. The Hall–Kier alpha value is -3.87. The van der Waals surface area contributed by atoms with E-state index in [2.05, 4.69) is 50.3 Å². The molecule has 0 radical (unpaired) electrons. The average molecular weight is 764 g/mol. The van der Waals surface area contributed by atoms with Gasteiger partial charge in [-0.1, -0.05) is 43.7 Å². The molecule has 7 rings (SSSR count). The van der Waals surface area contributed by atoms with Gasteiger partial charge < -0.3 is 19.1 Å². The summed E-state index contributed by atoms with van der Waals surface area (Å²) in [5, 5.41) is 4.90. The first-order chi connectivity index (χ1) is 25.5. The normalized spacial score (nSPS) is 29.1. The van der Waals surface area contributed by atoms with Crippen LogP contribution in [0.1, 0.15) is 84.2 Å². The minimum absolute atomic E-state index is 0.0317. The van der Waals surface area contributed by atoms with E-state index in [-0.39, 0.29) is 40.2 Å². The van der Waals surface area contributed by atoms with Gasteiger partial charge in [-0.05, 0) is 104 Å². The molecule has 2 aromatic carbocycles. The molecule has 1 saturated carbocycles. The first-order valence-electron chi connectivity index (χ1n) is 18.8. The monoisotopic (exact) mass is 763 g/mol. The van der Waals surface area contributed by atoms with Gasteiger partial charge in [0.05, 0.1) is 31.3 Å². The van der Waals surface area contributed by atoms with Crippen molar-refractivity contribution < 1.29 is 28.0 Å². The molecule has 2 amide bonds. The van der Waals surface area contributed by atoms with Crippen molar-refractivity contribution in [1.29, 1.82) is 0 Å². The minimum Gasteiger partial charge on any atom is -0.490 e. The number of aromatic nitrogens is 2. The van der Waals surface area contributed by atoms with Crippen LogP contribution in [0.4, 0.5) is 5.69 Å². The second-order valence-electron chi connectivity index (χ2n) is 15.3. The van der Waals surface area contributed by atoms with Crippen LogP contribution in [0.5, 0.6) is 11.6 Å². The molecule has 11 nitrogen and oxygen atoms in total. The van der Waals surface area contributed by atoms with E-state index in [1.165, 1.54) is 29.1 Å². The first kappa shape index (κ1) is 37.4. The lowest BCUT2D eigenvalue weighted by molar-refractivity contribution is -0.0138. The summed E-state index contributed by atoms with van der Waals surface area (Å²) in [7, 11) is -0.533. The molecule has 4 aliphatic rings. The Kier molecular flexibility index (Phi) is 10.9. The van der Waals surface area contributed by atoms with Crippen molar-refractivity contribution in [2.75, 3.05) is 44.1 Å². The largest absolute Gasteiger partial charge is 0.490 e. The van der Waals surface area contributed by atoms with E-state index < -0.39 is 21.7 Å². The quantitative estimate of drug-likeness (QED) is 0.269. The lowest BCUT2D eigenvalue weighted by Gasteiger charge is -2.46. The molecule has 0 saturated heterocycles. The molecule has 1 N–H and O–H groups in total. The van der Waals surface area contributed by atoms with Crippen LogP contribution in [-0.4, -0.2) is 71.1 Å². The van der Waals surface area contributed by atoms with Gasteiger partial charge in [0, 0.05) is 48.9 Å². The number of hydrogen-bond acceptors (Lipinski definition) is 8. The number of benzene rings is 2. The molecule has 2 aliphatic heterocycles. The lowest BCUT2D eigenvalue weighted by Crippen LogP contribution is -2.49. The Balaban J connectivity index is 1.31. The molecule has 2 aliphatic carbocycles. The van der Waals surface area contributed by atoms with Crippen LogP contribution >= 0.6 is 11.6 Å². The molecule has 2 bridgehead atoms. The molecule has 1 aromatic heterocycles. The zero-order valence-electron chi connectivity index (χ0n) is 31.0. The van der Waals surface area contributed by atoms with Crippen LogP contribution < -0.4 is 19.1 Å². The van der Waals surface area contributed by atoms with Gasteiger partial charge in [-0.2, -0.15) is 0 Å². The number of amides is 2. The maximum atomic E-state index is 14.7. The van der Waals surface area contributed by atoms with Crippen LogP contribution in [0.2, 0.25) is 5.02 Å². The number of fused-ring (bicyclic) bond motifs is 4. The molecule has 13 heteroatoms. The molecule has 3 heterocycles. The van der Waals surface area contributed by atoms with Crippen LogP contribution in [0.3, 0.4) is 0 Å². The van der Waals surface area contributed by atoms with Gasteiger partial charge in [0.25, 0.3) is 11.8 Å². The standard InChI is InChI=1S/C40H50ClN5O6S/c1-5-18-51-35-10-6-8-26(2)23-53(49,44-38(48)32-22-45(3)42-39(32)50-4)43-37(47)28-12-16-36-34(20-28)46(21-29-11-14-31(29)35)24-40(25-52-36)17-7-9-27-19-30(41)13-15-33(27)40/h6,10,12-13,15-16,19-20,22,26,29,31,35H,5,7-9,11,14,17-18,21,23-25H2,1-4H3,(H,43,44,47,48,49)/b10-6+/t26-,29-,31+,35-,40-,53-/m0/s1. The van der Waals surface area contributed by atoms with Crippen molar-refractivity contribution in [2.24, 2.45) is 29.2 Å². The predicted octanol–water partition coefficient (Wildman–Crippen LogP) is 6.93. The maximum Gasteiger partial charge on any atom is 0.286 e. The highest BCUT2D eigenvalue weighted by atomic mass is 35.5. The lowest BCUT2D eigenvalue weighted by atomic mass is 9.68. The third-order valence-corrected chi connectivity index (χ3v) is 13.5. The van der Waals surface area contributed by atoms with E-state index in [1.807, 2.05) is 25.1 Å². The zero-order chi connectivity index (χ0) is 37.3. The molecular formula is C40H50ClN5O6S. The highest BCUT2D eigenvalue weighted by Crippen LogP contribution is 2.47. The van der Waals surface area contributed by atoms with Crippen molar-refractivity contribution in [1.82, 2.24) is 14.5 Å². The SMILES string of the molecule is CCCO[C@H]1/C=C/C[C@H](C)C[S@@](=O)(NC(=O)c2cn(C)nc2OC)=NC(=O)c2ccc3c(c2)N(C[C@@H]2CC[C@H]21)C[C@@]1(CCCc2cc(Cl)ccc21)CO3. The highest BCUT2D eigenvalue weighted by Gasteiger charge is 2.44. The van der Waals surface area contributed by atoms with E-state index in [1.54, 1.807) is 13.1 Å². The second-order valence-corrected chi connectivity index (χ2v) is 17.7. The fourth-order valence-electron chi connectivity index (χ4n) is 8.52. The Morgan fingerprint density at radius 1 is 1.21 bits per heavy atom. The number of carbonyl (C=O) groups is 2. The van der Waals surface area contributed by atoms with Gasteiger partial charge in [0.15, 0.2) is 0 Å². The van der Waals surface area contributed by atoms with Gasteiger partial charge in [0.1, 0.15) is 21.2 Å². The topological polar surface area (TPSA) is 124 Å². The van der Waals surface area contributed by atoms with E-state index in [4.69, 9.17) is 25.8 Å². The highest BCUT2D eigenvalue weighted by molar-refractivity contribution is 7.92. The summed E-state index contributed by atoms with van der Waals surface area (Å²) in [5.41, 5.74) is 3.45. The zero-order valence-corrected chi connectivity index (χ0v) is 32.6. The smallest absolute Gasteiger partial charge is 0.286 e. The third kappa shape index (κ3) is 7.86. The van der Waals surface area contributed by atoms with Gasteiger partial charge in [0.2, 0.25) is 5.88 Å². The number of methoxy groups -OCH3 is 1. The molecule has 3 aromatic rings. The molecule has 284 valence electrons. The summed E-state index contributed by atoms with van der Waals surface area (Å²) in [4.78, 5) is 30.0. The molecule has 1 spiro atoms. The van der Waals surface area contributed by atoms with E-state index >= 15 is 0 Å². The molecule has 1 fully saturated rings. The number of rotatable bonds is 6. The summed E-state index contributed by atoms with van der Waals surface area (Å²) < 4.78 is 41.4. The van der Waals surface area contributed by atoms with E-state index in [0.29, 0.717) is 43.8 Å². The minimum atomic E-state index is -3.60. The Labute approximate surface area is 317 Å². The summed E-state index contributed by atoms with van der Waals surface area (Å²) >= 11 is 6.48. The number of allylic oxidation sites excluding steroid dienone is 1. The summed E-state index contributed by atoms with van der Waals surface area (Å²) in [6.07, 6.45) is 12.3. The number of aryl methyl sites for hydroxylation is 2. The fraction of sp³-hybridized carbons (Fsp3) is 0.525. The number of ether oxygens (including phenoxy) is 3. The van der Waals surface area contributed by atoms with Gasteiger partial charge in [-0.25, -0.2) is 4.21 Å². The number of carbonyl (C=O) groups excluding carboxylic acids is 2. The summed E-state index contributed by atoms with van der Waals surface area (Å²) in [6, 6.07) is 11.6. The van der Waals surface area contributed by atoms with E-state index in [0.717, 1.165) is 55.8 Å².